The minimum Gasteiger partial charge on any atom is -0.436 e. The minimum absolute atomic E-state index is 0.340. The first kappa shape index (κ1) is 11.4. The Kier molecular flexibility index (Phi) is 2.72. The monoisotopic (exact) mass is 256 g/mol. The van der Waals surface area contributed by atoms with Gasteiger partial charge in [0.1, 0.15) is 11.3 Å². The normalized spacial score (nSPS) is 11.4. The van der Waals surface area contributed by atoms with E-state index < -0.39 is 0 Å². The molecular formula is C14H9FN2O2. The fourth-order valence-corrected chi connectivity index (χ4v) is 1.84. The lowest BCUT2D eigenvalue weighted by atomic mass is 10.2. The van der Waals surface area contributed by atoms with E-state index in [1.165, 1.54) is 18.3 Å². The molecule has 0 aliphatic carbocycles. The van der Waals surface area contributed by atoms with Gasteiger partial charge in [-0.05, 0) is 42.0 Å². The van der Waals surface area contributed by atoms with Crippen LogP contribution in [-0.2, 0) is 0 Å². The number of nitrogens with zero attached hydrogens (tertiary/aromatic N) is 2. The van der Waals surface area contributed by atoms with Gasteiger partial charge in [0.25, 0.3) is 0 Å². The van der Waals surface area contributed by atoms with Gasteiger partial charge in [0, 0.05) is 5.56 Å². The number of oxazole rings is 1. The number of benzene rings is 2. The summed E-state index contributed by atoms with van der Waals surface area (Å²) in [6.45, 7) is 0. The van der Waals surface area contributed by atoms with Crippen molar-refractivity contribution in [2.45, 2.75) is 0 Å². The molecule has 0 bridgehead atoms. The highest BCUT2D eigenvalue weighted by atomic mass is 19.1. The van der Waals surface area contributed by atoms with Crippen molar-refractivity contribution in [2.75, 3.05) is 0 Å². The van der Waals surface area contributed by atoms with Crippen LogP contribution in [0.2, 0.25) is 0 Å². The Hall–Kier alpha value is -2.69. The highest BCUT2D eigenvalue weighted by Crippen LogP contribution is 2.25. The molecule has 2 aromatic carbocycles. The summed E-state index contributed by atoms with van der Waals surface area (Å²) in [6.07, 6.45) is 1.30. The summed E-state index contributed by atoms with van der Waals surface area (Å²) < 4.78 is 18.7. The summed E-state index contributed by atoms with van der Waals surface area (Å²) in [4.78, 5) is 4.29. The van der Waals surface area contributed by atoms with E-state index in [0.717, 1.165) is 0 Å². The van der Waals surface area contributed by atoms with Crippen molar-refractivity contribution in [1.29, 1.82) is 0 Å². The van der Waals surface area contributed by atoms with Crippen LogP contribution < -0.4 is 0 Å². The summed E-state index contributed by atoms with van der Waals surface area (Å²) in [6, 6.07) is 11.2. The summed E-state index contributed by atoms with van der Waals surface area (Å²) in [5.41, 5.74) is 2.49. The van der Waals surface area contributed by atoms with Crippen molar-refractivity contribution >= 4 is 17.3 Å². The quantitative estimate of drug-likeness (QED) is 0.434. The van der Waals surface area contributed by atoms with Gasteiger partial charge >= 0.3 is 0 Å². The number of hydrogen-bond acceptors (Lipinski definition) is 4. The number of halogens is 1. The van der Waals surface area contributed by atoms with Crippen molar-refractivity contribution in [3.8, 4) is 11.5 Å². The van der Waals surface area contributed by atoms with Crippen molar-refractivity contribution < 1.29 is 14.0 Å². The lowest BCUT2D eigenvalue weighted by Gasteiger charge is -1.93. The number of hydrogen-bond donors (Lipinski definition) is 1. The molecular weight excluding hydrogens is 247 g/mol. The third-order valence-corrected chi connectivity index (χ3v) is 2.69. The molecule has 0 saturated heterocycles. The molecule has 0 saturated carbocycles. The molecule has 0 spiro atoms. The maximum Gasteiger partial charge on any atom is 0.227 e. The molecule has 3 aromatic rings. The van der Waals surface area contributed by atoms with Crippen LogP contribution in [0.25, 0.3) is 22.6 Å². The van der Waals surface area contributed by atoms with Crippen LogP contribution in [0.15, 0.2) is 52.0 Å². The SMILES string of the molecule is O/N=C\c1ccc2oc(-c3cccc(F)c3)nc2c1. The molecule has 0 aliphatic rings. The Labute approximate surface area is 107 Å². The first-order valence-corrected chi connectivity index (χ1v) is 5.60. The van der Waals surface area contributed by atoms with Crippen LogP contribution >= 0.6 is 0 Å². The Balaban J connectivity index is 2.11. The summed E-state index contributed by atoms with van der Waals surface area (Å²) in [5, 5.41) is 11.4. The molecule has 4 nitrogen and oxygen atoms in total. The van der Waals surface area contributed by atoms with E-state index >= 15 is 0 Å². The molecule has 1 N–H and O–H groups in total. The standard InChI is InChI=1S/C14H9FN2O2/c15-11-3-1-2-10(7-11)14-17-12-6-9(8-16-18)4-5-13(12)19-14/h1-8,18H/b16-8-. The molecule has 0 amide bonds. The van der Waals surface area contributed by atoms with Crippen molar-refractivity contribution in [1.82, 2.24) is 4.98 Å². The summed E-state index contributed by atoms with van der Waals surface area (Å²) in [5.74, 6) is 0.0143. The van der Waals surface area contributed by atoms with Gasteiger partial charge in [0.2, 0.25) is 5.89 Å². The zero-order chi connectivity index (χ0) is 13.2. The van der Waals surface area contributed by atoms with Crippen LogP contribution in [0.5, 0.6) is 0 Å². The zero-order valence-corrected chi connectivity index (χ0v) is 9.75. The number of rotatable bonds is 2. The molecule has 0 unspecified atom stereocenters. The molecule has 3 rings (SSSR count). The predicted octanol–water partition coefficient (Wildman–Crippen LogP) is 3.44. The Morgan fingerprint density at radius 3 is 2.89 bits per heavy atom. The highest BCUT2D eigenvalue weighted by Gasteiger charge is 2.09. The van der Waals surface area contributed by atoms with Crippen LogP contribution in [0.4, 0.5) is 4.39 Å². The van der Waals surface area contributed by atoms with E-state index in [-0.39, 0.29) is 5.82 Å². The molecule has 1 heterocycles. The fraction of sp³-hybridized carbons (Fsp3) is 0. The minimum atomic E-state index is -0.340. The van der Waals surface area contributed by atoms with Gasteiger partial charge in [-0.25, -0.2) is 9.37 Å². The lowest BCUT2D eigenvalue weighted by molar-refractivity contribution is 0.322. The van der Waals surface area contributed by atoms with E-state index in [1.54, 1.807) is 30.3 Å². The lowest BCUT2D eigenvalue weighted by Crippen LogP contribution is -1.80. The fourth-order valence-electron chi connectivity index (χ4n) is 1.84. The van der Waals surface area contributed by atoms with Crippen LogP contribution in [-0.4, -0.2) is 16.4 Å². The van der Waals surface area contributed by atoms with Crippen LogP contribution in [0.1, 0.15) is 5.56 Å². The topological polar surface area (TPSA) is 58.6 Å². The summed E-state index contributed by atoms with van der Waals surface area (Å²) >= 11 is 0. The Morgan fingerprint density at radius 1 is 1.21 bits per heavy atom. The van der Waals surface area contributed by atoms with E-state index in [0.29, 0.717) is 28.1 Å². The van der Waals surface area contributed by atoms with Gasteiger partial charge in [-0.15, -0.1) is 0 Å². The van der Waals surface area contributed by atoms with Gasteiger partial charge in [-0.2, -0.15) is 0 Å². The first-order valence-electron chi connectivity index (χ1n) is 5.60. The molecule has 0 aliphatic heterocycles. The third kappa shape index (κ3) is 2.18. The molecule has 0 radical (unpaired) electrons. The third-order valence-electron chi connectivity index (χ3n) is 2.69. The van der Waals surface area contributed by atoms with Crippen molar-refractivity contribution in [3.05, 3.63) is 53.8 Å². The first-order chi connectivity index (χ1) is 9.26. The smallest absolute Gasteiger partial charge is 0.227 e. The molecule has 5 heteroatoms. The average Bonchev–Trinajstić information content (AvgIpc) is 2.82. The maximum absolute atomic E-state index is 13.2. The van der Waals surface area contributed by atoms with Crippen molar-refractivity contribution in [3.63, 3.8) is 0 Å². The second-order valence-electron chi connectivity index (χ2n) is 4.00. The van der Waals surface area contributed by atoms with E-state index in [4.69, 9.17) is 9.62 Å². The molecule has 94 valence electrons. The van der Waals surface area contributed by atoms with E-state index in [1.807, 2.05) is 0 Å². The highest BCUT2D eigenvalue weighted by molar-refractivity contribution is 5.86. The molecule has 0 fully saturated rings. The van der Waals surface area contributed by atoms with Crippen LogP contribution in [0.3, 0.4) is 0 Å². The number of oxime groups is 1. The Morgan fingerprint density at radius 2 is 2.11 bits per heavy atom. The summed E-state index contributed by atoms with van der Waals surface area (Å²) in [7, 11) is 0. The number of aromatic nitrogens is 1. The number of fused-ring (bicyclic) bond motifs is 1. The zero-order valence-electron chi connectivity index (χ0n) is 9.75. The van der Waals surface area contributed by atoms with E-state index in [9.17, 15) is 4.39 Å². The van der Waals surface area contributed by atoms with Gasteiger partial charge < -0.3 is 9.62 Å². The van der Waals surface area contributed by atoms with Gasteiger partial charge in [-0.1, -0.05) is 11.2 Å². The molecule has 1 aromatic heterocycles. The predicted molar refractivity (Wildman–Crippen MR) is 68.8 cm³/mol. The largest absolute Gasteiger partial charge is 0.436 e. The van der Waals surface area contributed by atoms with Crippen LogP contribution in [0, 0.1) is 5.82 Å². The van der Waals surface area contributed by atoms with E-state index in [2.05, 4.69) is 10.1 Å². The van der Waals surface area contributed by atoms with Gasteiger partial charge in [-0.3, -0.25) is 0 Å². The second kappa shape index (κ2) is 4.53. The average molecular weight is 256 g/mol. The molecule has 19 heavy (non-hydrogen) atoms. The Bertz CT molecular complexity index is 765. The van der Waals surface area contributed by atoms with Crippen molar-refractivity contribution in [2.24, 2.45) is 5.16 Å². The van der Waals surface area contributed by atoms with Gasteiger partial charge in [0.05, 0.1) is 6.21 Å². The van der Waals surface area contributed by atoms with Gasteiger partial charge in [0.15, 0.2) is 5.58 Å². The molecule has 0 atom stereocenters. The maximum atomic E-state index is 13.2. The second-order valence-corrected chi connectivity index (χ2v) is 4.00.